The van der Waals surface area contributed by atoms with Gasteiger partial charge in [-0.05, 0) is 13.0 Å². The van der Waals surface area contributed by atoms with E-state index in [0.29, 0.717) is 0 Å². The molecule has 0 aliphatic heterocycles. The van der Waals surface area contributed by atoms with Crippen molar-refractivity contribution in [3.05, 3.63) is 23.7 Å². The Kier molecular flexibility index (Phi) is 2.37. The summed E-state index contributed by atoms with van der Waals surface area (Å²) in [6.07, 6.45) is 1.82. The lowest BCUT2D eigenvalue weighted by Crippen LogP contribution is -2.16. The molecule has 0 radical (unpaired) electrons. The molecule has 2 rings (SSSR count). The lowest BCUT2D eigenvalue weighted by Gasteiger charge is -2.17. The fourth-order valence-electron chi connectivity index (χ4n) is 1.83. The van der Waals surface area contributed by atoms with Crippen molar-refractivity contribution in [3.63, 3.8) is 0 Å². The lowest BCUT2D eigenvalue weighted by molar-refractivity contribution is 0.523. The quantitative estimate of drug-likeness (QED) is 0.799. The maximum absolute atomic E-state index is 4.48. The van der Waals surface area contributed by atoms with E-state index >= 15 is 0 Å². The van der Waals surface area contributed by atoms with Crippen molar-refractivity contribution in [2.75, 3.05) is 0 Å². The van der Waals surface area contributed by atoms with Gasteiger partial charge in [-0.15, -0.1) is 0 Å². The van der Waals surface area contributed by atoms with Gasteiger partial charge in [-0.3, -0.25) is 4.68 Å². The Labute approximate surface area is 95.7 Å². The summed E-state index contributed by atoms with van der Waals surface area (Å²) in [6, 6.07) is 2.10. The number of imidazole rings is 1. The van der Waals surface area contributed by atoms with E-state index in [1.165, 1.54) is 5.69 Å². The van der Waals surface area contributed by atoms with Gasteiger partial charge in [0, 0.05) is 30.0 Å². The Morgan fingerprint density at radius 2 is 2.00 bits per heavy atom. The monoisotopic (exact) mass is 218 g/mol. The number of aromatic nitrogens is 4. The number of aryl methyl sites for hydroxylation is 2. The van der Waals surface area contributed by atoms with Crippen LogP contribution < -0.4 is 0 Å². The smallest absolute Gasteiger partial charge is 0.158 e. The zero-order valence-electron chi connectivity index (χ0n) is 10.5. The van der Waals surface area contributed by atoms with Gasteiger partial charge in [-0.25, -0.2) is 4.98 Å². The van der Waals surface area contributed by atoms with Crippen molar-refractivity contribution >= 4 is 0 Å². The van der Waals surface area contributed by atoms with Crippen LogP contribution in [0, 0.1) is 6.92 Å². The van der Waals surface area contributed by atoms with E-state index in [0.717, 1.165) is 17.2 Å². The number of nitrogens with one attached hydrogen (secondary N) is 1. The number of H-pyrrole nitrogens is 1. The van der Waals surface area contributed by atoms with Crippen LogP contribution in [0.25, 0.3) is 11.5 Å². The van der Waals surface area contributed by atoms with Crippen molar-refractivity contribution in [2.45, 2.75) is 33.1 Å². The topological polar surface area (TPSA) is 46.5 Å². The predicted molar refractivity (Wildman–Crippen MR) is 64.2 cm³/mol. The van der Waals surface area contributed by atoms with Gasteiger partial charge in [0.05, 0.1) is 0 Å². The molecule has 2 aromatic rings. The Morgan fingerprint density at radius 3 is 2.44 bits per heavy atom. The molecule has 4 nitrogen and oxygen atoms in total. The van der Waals surface area contributed by atoms with Gasteiger partial charge in [-0.1, -0.05) is 20.8 Å². The molecule has 0 unspecified atom stereocenters. The molecular weight excluding hydrogens is 200 g/mol. The summed E-state index contributed by atoms with van der Waals surface area (Å²) in [4.78, 5) is 7.49. The molecule has 0 aliphatic carbocycles. The van der Waals surface area contributed by atoms with E-state index in [4.69, 9.17) is 0 Å². The van der Waals surface area contributed by atoms with Gasteiger partial charge in [-0.2, -0.15) is 5.10 Å². The van der Waals surface area contributed by atoms with Crippen molar-refractivity contribution in [2.24, 2.45) is 7.05 Å². The molecule has 1 N–H and O–H groups in total. The molecule has 16 heavy (non-hydrogen) atoms. The summed E-state index contributed by atoms with van der Waals surface area (Å²) in [5.41, 5.74) is 3.26. The third kappa shape index (κ3) is 1.87. The molecule has 0 fully saturated rings. The highest BCUT2D eigenvalue weighted by Gasteiger charge is 2.20. The average molecular weight is 218 g/mol. The number of nitrogens with zero attached hydrogens (tertiary/aromatic N) is 3. The van der Waals surface area contributed by atoms with Gasteiger partial charge < -0.3 is 4.98 Å². The third-order valence-corrected chi connectivity index (χ3v) is 2.59. The lowest BCUT2D eigenvalue weighted by atomic mass is 9.92. The number of hydrogen-bond donors (Lipinski definition) is 1. The fraction of sp³-hybridized carbons (Fsp3) is 0.500. The summed E-state index contributed by atoms with van der Waals surface area (Å²) in [6.45, 7) is 8.54. The van der Waals surface area contributed by atoms with E-state index in [-0.39, 0.29) is 5.41 Å². The first-order chi connectivity index (χ1) is 7.38. The number of rotatable bonds is 1. The molecule has 86 valence electrons. The minimum atomic E-state index is 0.0988. The Hall–Kier alpha value is -1.58. The first-order valence-corrected chi connectivity index (χ1v) is 5.44. The highest BCUT2D eigenvalue weighted by atomic mass is 15.3. The fourth-order valence-corrected chi connectivity index (χ4v) is 1.83. The summed E-state index contributed by atoms with van der Waals surface area (Å²) >= 11 is 0. The molecule has 4 heteroatoms. The van der Waals surface area contributed by atoms with Crippen molar-refractivity contribution in [3.8, 4) is 11.5 Å². The third-order valence-electron chi connectivity index (χ3n) is 2.59. The normalized spacial score (nSPS) is 12.1. The van der Waals surface area contributed by atoms with E-state index in [1.807, 2.05) is 24.9 Å². The second-order valence-electron chi connectivity index (χ2n) is 5.20. The summed E-state index contributed by atoms with van der Waals surface area (Å²) in [5, 5.41) is 4.48. The molecule has 0 aliphatic rings. The van der Waals surface area contributed by atoms with Crippen LogP contribution in [-0.4, -0.2) is 19.7 Å². The maximum Gasteiger partial charge on any atom is 0.158 e. The van der Waals surface area contributed by atoms with Crippen LogP contribution in [-0.2, 0) is 12.5 Å². The highest BCUT2D eigenvalue weighted by molar-refractivity contribution is 5.50. The molecule has 0 saturated carbocycles. The minimum Gasteiger partial charge on any atom is -0.341 e. The van der Waals surface area contributed by atoms with Crippen molar-refractivity contribution in [1.82, 2.24) is 19.7 Å². The zero-order chi connectivity index (χ0) is 11.9. The van der Waals surface area contributed by atoms with E-state index < -0.39 is 0 Å². The predicted octanol–water partition coefficient (Wildman–Crippen LogP) is 2.42. The molecule has 0 saturated heterocycles. The summed E-state index contributed by atoms with van der Waals surface area (Å²) in [7, 11) is 1.97. The molecule has 0 atom stereocenters. The van der Waals surface area contributed by atoms with Crippen LogP contribution in [0.1, 0.15) is 32.2 Å². The largest absolute Gasteiger partial charge is 0.341 e. The highest BCUT2D eigenvalue weighted by Crippen LogP contribution is 2.25. The van der Waals surface area contributed by atoms with Crippen LogP contribution in [0.3, 0.4) is 0 Å². The van der Waals surface area contributed by atoms with Crippen molar-refractivity contribution in [1.29, 1.82) is 0 Å². The summed E-state index contributed by atoms with van der Waals surface area (Å²) in [5.74, 6) is 0.837. The Bertz CT molecular complexity index is 499. The average Bonchev–Trinajstić information content (AvgIpc) is 2.70. The van der Waals surface area contributed by atoms with Gasteiger partial charge in [0.2, 0.25) is 0 Å². The Balaban J connectivity index is 2.46. The van der Waals surface area contributed by atoms with Gasteiger partial charge in [0.25, 0.3) is 0 Å². The van der Waals surface area contributed by atoms with Crippen LogP contribution in [0.4, 0.5) is 0 Å². The number of aromatic amines is 1. The SMILES string of the molecule is Cc1cnc(-c2cc(C(C)(C)C)n(C)n2)[nH]1. The van der Waals surface area contributed by atoms with Crippen LogP contribution >= 0.6 is 0 Å². The maximum atomic E-state index is 4.48. The molecule has 0 aromatic carbocycles. The second-order valence-corrected chi connectivity index (χ2v) is 5.20. The molecule has 2 heterocycles. The first kappa shape index (κ1) is 10.9. The standard InChI is InChI=1S/C12H18N4/c1-8-7-13-11(14-8)9-6-10(12(2,3)4)16(5)15-9/h6-7H,1-5H3,(H,13,14). The number of hydrogen-bond acceptors (Lipinski definition) is 2. The molecule has 0 amide bonds. The van der Waals surface area contributed by atoms with E-state index in [2.05, 4.69) is 41.9 Å². The molecule has 0 bridgehead atoms. The van der Waals surface area contributed by atoms with Crippen LogP contribution in [0.15, 0.2) is 12.3 Å². The Morgan fingerprint density at radius 1 is 1.31 bits per heavy atom. The van der Waals surface area contributed by atoms with Crippen LogP contribution in [0.2, 0.25) is 0 Å². The van der Waals surface area contributed by atoms with E-state index in [9.17, 15) is 0 Å². The van der Waals surface area contributed by atoms with Crippen molar-refractivity contribution < 1.29 is 0 Å². The second kappa shape index (κ2) is 3.47. The van der Waals surface area contributed by atoms with Gasteiger partial charge in [0.1, 0.15) is 5.69 Å². The van der Waals surface area contributed by atoms with Gasteiger partial charge in [0.15, 0.2) is 5.82 Å². The summed E-state index contributed by atoms with van der Waals surface area (Å²) < 4.78 is 1.92. The minimum absolute atomic E-state index is 0.0988. The van der Waals surface area contributed by atoms with Crippen LogP contribution in [0.5, 0.6) is 0 Å². The first-order valence-electron chi connectivity index (χ1n) is 5.44. The van der Waals surface area contributed by atoms with E-state index in [1.54, 1.807) is 0 Å². The zero-order valence-corrected chi connectivity index (χ0v) is 10.5. The molecule has 2 aromatic heterocycles. The molecular formula is C12H18N4. The molecule has 0 spiro atoms. The van der Waals surface area contributed by atoms with Gasteiger partial charge >= 0.3 is 0 Å².